The maximum absolute atomic E-state index is 12.5. The molecule has 0 aliphatic carbocycles. The number of carboxylic acids is 1. The fourth-order valence-corrected chi connectivity index (χ4v) is 3.62. The minimum absolute atomic E-state index is 0.311. The third-order valence-electron chi connectivity index (χ3n) is 3.46. The molecule has 0 aromatic heterocycles. The Hall–Kier alpha value is -1.66. The van der Waals surface area contributed by atoms with Crippen LogP contribution in [0.25, 0.3) is 6.08 Å². The summed E-state index contributed by atoms with van der Waals surface area (Å²) in [5, 5.41) is 9.34. The molecule has 2 rings (SSSR count). The molecule has 1 fully saturated rings. The summed E-state index contributed by atoms with van der Waals surface area (Å²) in [5.74, 6) is -1.34. The van der Waals surface area contributed by atoms with Crippen LogP contribution in [0.2, 0.25) is 0 Å². The Balaban J connectivity index is 2.32. The zero-order chi connectivity index (χ0) is 16.3. The molecule has 1 amide bonds. The summed E-state index contributed by atoms with van der Waals surface area (Å²) >= 11 is 6.38. The van der Waals surface area contributed by atoms with Crippen molar-refractivity contribution in [3.8, 4) is 0 Å². The fourth-order valence-electron chi connectivity index (χ4n) is 2.27. The average Bonchev–Trinajstić information content (AvgIpc) is 2.73. The van der Waals surface area contributed by atoms with Gasteiger partial charge in [0.1, 0.15) is 10.4 Å². The number of benzene rings is 1. The van der Waals surface area contributed by atoms with Crippen LogP contribution in [-0.2, 0) is 9.59 Å². The number of hydrogen-bond donors (Lipinski definition) is 1. The lowest BCUT2D eigenvalue weighted by Crippen LogP contribution is -2.43. The molecule has 1 aliphatic heterocycles. The van der Waals surface area contributed by atoms with Gasteiger partial charge in [-0.2, -0.15) is 0 Å². The van der Waals surface area contributed by atoms with Crippen molar-refractivity contribution in [3.05, 3.63) is 40.3 Å². The van der Waals surface area contributed by atoms with Crippen molar-refractivity contribution < 1.29 is 14.7 Å². The summed E-state index contributed by atoms with van der Waals surface area (Å²) in [6.45, 7) is 3.85. The summed E-state index contributed by atoms with van der Waals surface area (Å²) in [7, 11) is 0. The van der Waals surface area contributed by atoms with Gasteiger partial charge in [0.25, 0.3) is 5.91 Å². The largest absolute Gasteiger partial charge is 0.480 e. The molecule has 1 saturated heterocycles. The van der Waals surface area contributed by atoms with Crippen LogP contribution >= 0.6 is 24.0 Å². The molecule has 0 unspecified atom stereocenters. The van der Waals surface area contributed by atoms with Gasteiger partial charge in [-0.25, -0.2) is 4.79 Å². The molecule has 0 spiro atoms. The molecule has 0 saturated carbocycles. The summed E-state index contributed by atoms with van der Waals surface area (Å²) in [5.41, 5.74) is 1.99. The molecule has 4 nitrogen and oxygen atoms in total. The Morgan fingerprint density at radius 1 is 1.45 bits per heavy atom. The molecule has 1 heterocycles. The van der Waals surface area contributed by atoms with E-state index in [1.807, 2.05) is 38.1 Å². The third kappa shape index (κ3) is 3.39. The lowest BCUT2D eigenvalue weighted by Gasteiger charge is -2.22. The monoisotopic (exact) mass is 335 g/mol. The van der Waals surface area contributed by atoms with Crippen molar-refractivity contribution in [1.29, 1.82) is 0 Å². The molecule has 116 valence electrons. The van der Waals surface area contributed by atoms with Crippen LogP contribution in [-0.4, -0.2) is 32.2 Å². The topological polar surface area (TPSA) is 57.6 Å². The molecular formula is C16H17NO3S2. The van der Waals surface area contributed by atoms with E-state index in [1.165, 1.54) is 4.90 Å². The summed E-state index contributed by atoms with van der Waals surface area (Å²) in [6.07, 6.45) is 2.84. The molecule has 1 aliphatic rings. The number of rotatable bonds is 5. The Morgan fingerprint density at radius 3 is 2.73 bits per heavy atom. The minimum atomic E-state index is -1.02. The van der Waals surface area contributed by atoms with E-state index in [1.54, 1.807) is 6.08 Å². The van der Waals surface area contributed by atoms with Gasteiger partial charge in [0.2, 0.25) is 0 Å². The quantitative estimate of drug-likeness (QED) is 0.660. The molecule has 0 bridgehead atoms. The van der Waals surface area contributed by atoms with Crippen molar-refractivity contribution in [2.75, 3.05) is 0 Å². The normalized spacial score (nSPS) is 18.1. The molecule has 1 aromatic carbocycles. The van der Waals surface area contributed by atoms with Crippen molar-refractivity contribution >= 4 is 46.3 Å². The number of carbonyl (C=O) groups excluding carboxylic acids is 1. The third-order valence-corrected chi connectivity index (χ3v) is 4.79. The molecule has 1 N–H and O–H groups in total. The summed E-state index contributed by atoms with van der Waals surface area (Å²) in [4.78, 5) is 25.6. The Bertz CT molecular complexity index is 655. The number of carboxylic acid groups (broad SMARTS) is 1. The standard InChI is InChI=1S/C16H17NO3S2/c1-3-6-12(15(19)20)17-14(18)13(22-16(17)21)9-11-8-5-4-7-10(11)2/h4-5,7-9,12H,3,6H2,1-2H3,(H,19,20)/b13-9-/t12-/m0/s1. The maximum Gasteiger partial charge on any atom is 0.326 e. The van der Waals surface area contributed by atoms with E-state index in [0.717, 1.165) is 22.9 Å². The zero-order valence-corrected chi connectivity index (χ0v) is 14.0. The van der Waals surface area contributed by atoms with Crippen LogP contribution in [0.3, 0.4) is 0 Å². The SMILES string of the molecule is CCC[C@@H](C(=O)O)N1C(=O)/C(=C/c2ccccc2C)SC1=S. The van der Waals surface area contributed by atoms with Crippen LogP contribution in [0.4, 0.5) is 0 Å². The van der Waals surface area contributed by atoms with E-state index in [0.29, 0.717) is 22.1 Å². The van der Waals surface area contributed by atoms with E-state index in [-0.39, 0.29) is 5.91 Å². The van der Waals surface area contributed by atoms with Crippen molar-refractivity contribution in [3.63, 3.8) is 0 Å². The molecule has 22 heavy (non-hydrogen) atoms. The Labute approximate surface area is 139 Å². The number of amides is 1. The van der Waals surface area contributed by atoms with Gasteiger partial charge in [-0.15, -0.1) is 0 Å². The highest BCUT2D eigenvalue weighted by molar-refractivity contribution is 8.26. The second-order valence-corrected chi connectivity index (χ2v) is 6.73. The van der Waals surface area contributed by atoms with Gasteiger partial charge < -0.3 is 5.11 Å². The smallest absolute Gasteiger partial charge is 0.326 e. The first-order chi connectivity index (χ1) is 10.5. The molecule has 6 heteroatoms. The number of nitrogens with zero attached hydrogens (tertiary/aromatic N) is 1. The molecular weight excluding hydrogens is 318 g/mol. The first-order valence-corrected chi connectivity index (χ1v) is 8.23. The number of hydrogen-bond acceptors (Lipinski definition) is 4. The first-order valence-electron chi connectivity index (χ1n) is 7.01. The number of aryl methyl sites for hydroxylation is 1. The predicted molar refractivity (Wildman–Crippen MR) is 92.5 cm³/mol. The second kappa shape index (κ2) is 7.07. The van der Waals surface area contributed by atoms with Crippen LogP contribution < -0.4 is 0 Å². The van der Waals surface area contributed by atoms with Gasteiger partial charge >= 0.3 is 5.97 Å². The van der Waals surface area contributed by atoms with Crippen LogP contribution in [0, 0.1) is 6.92 Å². The van der Waals surface area contributed by atoms with Crippen LogP contribution in [0.5, 0.6) is 0 Å². The van der Waals surface area contributed by atoms with Crippen molar-refractivity contribution in [2.45, 2.75) is 32.7 Å². The van der Waals surface area contributed by atoms with E-state index >= 15 is 0 Å². The van der Waals surface area contributed by atoms with E-state index in [9.17, 15) is 14.7 Å². The molecule has 1 atom stereocenters. The van der Waals surface area contributed by atoms with Gasteiger partial charge in [-0.05, 0) is 30.5 Å². The van der Waals surface area contributed by atoms with Crippen molar-refractivity contribution in [1.82, 2.24) is 4.90 Å². The Morgan fingerprint density at radius 2 is 2.14 bits per heavy atom. The zero-order valence-electron chi connectivity index (χ0n) is 12.4. The molecule has 1 aromatic rings. The van der Waals surface area contributed by atoms with Gasteiger partial charge in [-0.1, -0.05) is 61.6 Å². The number of aliphatic carboxylic acids is 1. The highest BCUT2D eigenvalue weighted by atomic mass is 32.2. The van der Waals surface area contributed by atoms with Gasteiger partial charge in [0.05, 0.1) is 4.91 Å². The van der Waals surface area contributed by atoms with E-state index in [4.69, 9.17) is 12.2 Å². The maximum atomic E-state index is 12.5. The van der Waals surface area contributed by atoms with Gasteiger partial charge in [0, 0.05) is 0 Å². The van der Waals surface area contributed by atoms with Gasteiger partial charge in [-0.3, -0.25) is 9.69 Å². The highest BCUT2D eigenvalue weighted by Gasteiger charge is 2.39. The van der Waals surface area contributed by atoms with E-state index in [2.05, 4.69) is 0 Å². The lowest BCUT2D eigenvalue weighted by molar-refractivity contribution is -0.145. The second-order valence-electron chi connectivity index (χ2n) is 5.05. The van der Waals surface area contributed by atoms with Crippen LogP contribution in [0.15, 0.2) is 29.2 Å². The van der Waals surface area contributed by atoms with Crippen molar-refractivity contribution in [2.24, 2.45) is 0 Å². The minimum Gasteiger partial charge on any atom is -0.480 e. The average molecular weight is 335 g/mol. The molecule has 0 radical (unpaired) electrons. The van der Waals surface area contributed by atoms with E-state index < -0.39 is 12.0 Å². The predicted octanol–water partition coefficient (Wildman–Crippen LogP) is 3.45. The summed E-state index contributed by atoms with van der Waals surface area (Å²) in [6, 6.07) is 6.82. The highest BCUT2D eigenvalue weighted by Crippen LogP contribution is 2.35. The summed E-state index contributed by atoms with van der Waals surface area (Å²) < 4.78 is 0.311. The van der Waals surface area contributed by atoms with Crippen LogP contribution in [0.1, 0.15) is 30.9 Å². The first kappa shape index (κ1) is 16.7. The number of thiocarbonyl (C=S) groups is 1. The van der Waals surface area contributed by atoms with Gasteiger partial charge in [0.15, 0.2) is 0 Å². The number of thioether (sulfide) groups is 1. The number of carbonyl (C=O) groups is 2. The Kier molecular flexibility index (Phi) is 5.37. The fraction of sp³-hybridized carbons (Fsp3) is 0.312. The lowest BCUT2D eigenvalue weighted by atomic mass is 10.1.